The van der Waals surface area contributed by atoms with Crippen LogP contribution in [0.1, 0.15) is 28.8 Å². The van der Waals surface area contributed by atoms with Gasteiger partial charge < -0.3 is 4.90 Å². The molecule has 128 valence electrons. The number of benzene rings is 2. The van der Waals surface area contributed by atoms with E-state index in [0.29, 0.717) is 11.6 Å². The van der Waals surface area contributed by atoms with E-state index in [4.69, 9.17) is 0 Å². The van der Waals surface area contributed by atoms with Crippen molar-refractivity contribution in [1.82, 2.24) is 9.47 Å². The average molecular weight is 397 g/mol. The predicted octanol–water partition coefficient (Wildman–Crippen LogP) is 4.73. The Kier molecular flexibility index (Phi) is 4.48. The van der Waals surface area contributed by atoms with E-state index in [1.807, 2.05) is 48.7 Å². The highest BCUT2D eigenvalue weighted by Gasteiger charge is 2.24. The molecule has 2 aromatic carbocycles. The van der Waals surface area contributed by atoms with Crippen molar-refractivity contribution in [3.05, 3.63) is 70.3 Å². The minimum absolute atomic E-state index is 0.0268. The van der Waals surface area contributed by atoms with E-state index < -0.39 is 0 Å². The Morgan fingerprint density at radius 1 is 1.20 bits per heavy atom. The topological polar surface area (TPSA) is 25.2 Å². The molecule has 3 nitrogen and oxygen atoms in total. The molecule has 0 saturated carbocycles. The first-order valence-corrected chi connectivity index (χ1v) is 9.52. The monoisotopic (exact) mass is 396 g/mol. The highest BCUT2D eigenvalue weighted by molar-refractivity contribution is 9.10. The van der Waals surface area contributed by atoms with Gasteiger partial charge in [0.1, 0.15) is 0 Å². The smallest absolute Gasteiger partial charge is 0.262 e. The van der Waals surface area contributed by atoms with E-state index >= 15 is 0 Å². The highest BCUT2D eigenvalue weighted by atomic mass is 79.9. The van der Waals surface area contributed by atoms with Crippen LogP contribution in [0.2, 0.25) is 0 Å². The Labute approximate surface area is 156 Å². The fourth-order valence-corrected chi connectivity index (χ4v) is 4.17. The number of nitrogens with zero attached hydrogens (tertiary/aromatic N) is 2. The quantitative estimate of drug-likeness (QED) is 0.639. The number of hydrogen-bond acceptors (Lipinski definition) is 2. The van der Waals surface area contributed by atoms with Crippen LogP contribution in [0.25, 0.3) is 10.9 Å². The number of carbonyl (C=O) groups excluding carboxylic acids is 1. The summed E-state index contributed by atoms with van der Waals surface area (Å²) < 4.78 is 2.85. The second-order valence-corrected chi connectivity index (χ2v) is 7.75. The van der Waals surface area contributed by atoms with Crippen LogP contribution < -0.4 is 0 Å². The Morgan fingerprint density at radius 3 is 2.72 bits per heavy atom. The van der Waals surface area contributed by atoms with Gasteiger partial charge in [0.25, 0.3) is 5.91 Å². The molecule has 0 amide bonds. The molecule has 1 unspecified atom stereocenters. The Morgan fingerprint density at radius 2 is 2.00 bits per heavy atom. The molecule has 1 fully saturated rings. The van der Waals surface area contributed by atoms with Crippen molar-refractivity contribution < 1.29 is 4.79 Å². The van der Waals surface area contributed by atoms with Gasteiger partial charge in [0, 0.05) is 27.7 Å². The number of rotatable bonds is 3. The van der Waals surface area contributed by atoms with E-state index in [-0.39, 0.29) is 5.91 Å². The third-order valence-electron chi connectivity index (χ3n) is 5.22. The van der Waals surface area contributed by atoms with Crippen LogP contribution in [0.3, 0.4) is 0 Å². The maximum atomic E-state index is 13.0. The van der Waals surface area contributed by atoms with E-state index in [1.165, 1.54) is 23.8 Å². The van der Waals surface area contributed by atoms with Gasteiger partial charge in [-0.15, -0.1) is 0 Å². The van der Waals surface area contributed by atoms with Crippen LogP contribution >= 0.6 is 15.9 Å². The van der Waals surface area contributed by atoms with E-state index in [9.17, 15) is 4.79 Å². The first-order chi connectivity index (χ1) is 12.1. The van der Waals surface area contributed by atoms with Gasteiger partial charge in [0.05, 0.1) is 5.52 Å². The Balaban J connectivity index is 1.78. The second kappa shape index (κ2) is 6.77. The number of carbonyl (C=O) groups is 1. The van der Waals surface area contributed by atoms with Crippen molar-refractivity contribution in [2.45, 2.75) is 25.3 Å². The molecule has 25 heavy (non-hydrogen) atoms. The zero-order valence-corrected chi connectivity index (χ0v) is 15.9. The van der Waals surface area contributed by atoms with Crippen LogP contribution in [0, 0.1) is 0 Å². The molecule has 0 radical (unpaired) electrons. The molecular formula is C21H21BrN2O. The summed E-state index contributed by atoms with van der Waals surface area (Å²) in [5.41, 5.74) is 2.94. The summed E-state index contributed by atoms with van der Waals surface area (Å²) in [5.74, 6) is 0.0268. The van der Waals surface area contributed by atoms with Crippen molar-refractivity contribution in [3.8, 4) is 0 Å². The number of fused-ring (bicyclic) bond motifs is 1. The molecule has 1 aromatic heterocycles. The number of aromatic nitrogens is 1. The zero-order valence-electron chi connectivity index (χ0n) is 14.3. The molecule has 1 saturated heterocycles. The third-order valence-corrected chi connectivity index (χ3v) is 5.71. The van der Waals surface area contributed by atoms with Crippen molar-refractivity contribution in [2.24, 2.45) is 0 Å². The maximum Gasteiger partial charge on any atom is 0.262 e. The highest BCUT2D eigenvalue weighted by Crippen LogP contribution is 2.29. The van der Waals surface area contributed by atoms with Crippen LogP contribution in [-0.2, 0) is 6.42 Å². The van der Waals surface area contributed by atoms with Gasteiger partial charge in [0.15, 0.2) is 0 Å². The normalized spacial score (nSPS) is 18.1. The van der Waals surface area contributed by atoms with Gasteiger partial charge in [-0.1, -0.05) is 34.1 Å². The maximum absolute atomic E-state index is 13.0. The SMILES string of the molecule is CN1CCCC1Cc1cn(C(=O)c2ccccc2)c2ccc(Br)cc12. The molecule has 1 aliphatic rings. The Bertz CT molecular complexity index is 916. The molecule has 0 spiro atoms. The fourth-order valence-electron chi connectivity index (χ4n) is 3.81. The fraction of sp³-hybridized carbons (Fsp3) is 0.286. The van der Waals surface area contributed by atoms with Crippen LogP contribution in [0.4, 0.5) is 0 Å². The van der Waals surface area contributed by atoms with Crippen molar-refractivity contribution >= 4 is 32.7 Å². The third kappa shape index (κ3) is 3.16. The number of halogens is 1. The van der Waals surface area contributed by atoms with Crippen LogP contribution in [-0.4, -0.2) is 35.0 Å². The zero-order chi connectivity index (χ0) is 17.4. The van der Waals surface area contributed by atoms with Crippen LogP contribution in [0.15, 0.2) is 59.2 Å². The molecule has 3 aromatic rings. The summed E-state index contributed by atoms with van der Waals surface area (Å²) >= 11 is 3.58. The molecule has 2 heterocycles. The lowest BCUT2D eigenvalue weighted by atomic mass is 10.0. The summed E-state index contributed by atoms with van der Waals surface area (Å²) in [6, 6.07) is 16.2. The molecule has 4 rings (SSSR count). The first-order valence-electron chi connectivity index (χ1n) is 8.73. The van der Waals surface area contributed by atoms with Crippen LogP contribution in [0.5, 0.6) is 0 Å². The lowest BCUT2D eigenvalue weighted by Crippen LogP contribution is -2.26. The molecular weight excluding hydrogens is 376 g/mol. The van der Waals surface area contributed by atoms with Gasteiger partial charge in [-0.25, -0.2) is 0 Å². The summed E-state index contributed by atoms with van der Waals surface area (Å²) in [4.78, 5) is 15.4. The van der Waals surface area contributed by atoms with E-state index in [2.05, 4.69) is 33.9 Å². The summed E-state index contributed by atoms with van der Waals surface area (Å²) in [6.45, 7) is 1.16. The van der Waals surface area contributed by atoms with E-state index in [0.717, 1.165) is 23.0 Å². The largest absolute Gasteiger partial charge is 0.303 e. The predicted molar refractivity (Wildman–Crippen MR) is 105 cm³/mol. The van der Waals surface area contributed by atoms with Crippen molar-refractivity contribution in [3.63, 3.8) is 0 Å². The molecule has 1 atom stereocenters. The minimum Gasteiger partial charge on any atom is -0.303 e. The number of likely N-dealkylation sites (N-methyl/N-ethyl adjacent to an activating group) is 1. The molecule has 0 aliphatic carbocycles. The standard InChI is InChI=1S/C21H21BrN2O/c1-23-11-5-8-18(23)12-16-14-24(20-10-9-17(22)13-19(16)20)21(25)15-6-3-2-4-7-15/h2-4,6-7,9-10,13-14,18H,5,8,11-12H2,1H3. The number of likely N-dealkylation sites (tertiary alicyclic amines) is 1. The van der Waals surface area contributed by atoms with Crippen molar-refractivity contribution in [1.29, 1.82) is 0 Å². The second-order valence-electron chi connectivity index (χ2n) is 6.84. The van der Waals surface area contributed by atoms with Gasteiger partial charge in [0.2, 0.25) is 0 Å². The summed E-state index contributed by atoms with van der Waals surface area (Å²) in [7, 11) is 2.20. The molecule has 0 N–H and O–H groups in total. The molecule has 1 aliphatic heterocycles. The van der Waals surface area contributed by atoms with E-state index in [1.54, 1.807) is 4.57 Å². The van der Waals surface area contributed by atoms with Crippen molar-refractivity contribution in [2.75, 3.05) is 13.6 Å². The van der Waals surface area contributed by atoms with Gasteiger partial charge in [-0.3, -0.25) is 9.36 Å². The summed E-state index contributed by atoms with van der Waals surface area (Å²) in [5, 5.41) is 1.17. The first kappa shape index (κ1) is 16.6. The van der Waals surface area contributed by atoms with Gasteiger partial charge in [-0.2, -0.15) is 0 Å². The average Bonchev–Trinajstić information content (AvgIpc) is 3.19. The summed E-state index contributed by atoms with van der Waals surface area (Å²) in [6.07, 6.45) is 5.51. The molecule has 4 heteroatoms. The van der Waals surface area contributed by atoms with Gasteiger partial charge >= 0.3 is 0 Å². The lowest BCUT2D eigenvalue weighted by Gasteiger charge is -2.18. The lowest BCUT2D eigenvalue weighted by molar-refractivity contribution is 0.0965. The number of hydrogen-bond donors (Lipinski definition) is 0. The Hall–Kier alpha value is -1.91. The minimum atomic E-state index is 0.0268. The molecule has 0 bridgehead atoms. The van der Waals surface area contributed by atoms with Gasteiger partial charge in [-0.05, 0) is 68.8 Å².